The molecule has 4 rings (SSSR count). The van der Waals surface area contributed by atoms with E-state index in [1.807, 2.05) is 24.0 Å². The van der Waals surface area contributed by atoms with Crippen LogP contribution in [0.4, 0.5) is 18.9 Å². The molecule has 2 heterocycles. The Bertz CT molecular complexity index is 1070. The van der Waals surface area contributed by atoms with Crippen LogP contribution in [0.5, 0.6) is 0 Å². The second-order valence-corrected chi connectivity index (χ2v) is 7.24. The summed E-state index contributed by atoms with van der Waals surface area (Å²) in [5.41, 5.74) is 1.55. The normalized spacial score (nSPS) is 14.9. The number of aryl methyl sites for hydroxylation is 1. The largest absolute Gasteiger partial charge is 0.416 e. The first-order chi connectivity index (χ1) is 14.3. The number of aromatic nitrogens is 2. The summed E-state index contributed by atoms with van der Waals surface area (Å²) >= 11 is 0. The summed E-state index contributed by atoms with van der Waals surface area (Å²) in [6.45, 7) is 3.68. The number of halogens is 3. The van der Waals surface area contributed by atoms with E-state index in [0.717, 1.165) is 11.6 Å². The maximum Gasteiger partial charge on any atom is 0.416 e. The van der Waals surface area contributed by atoms with E-state index in [4.69, 9.17) is 4.74 Å². The Balaban J connectivity index is 1.56. The molecular formula is C21H21F3N4O2. The zero-order valence-corrected chi connectivity index (χ0v) is 16.3. The lowest BCUT2D eigenvalue weighted by Crippen LogP contribution is -2.36. The number of carbonyl (C=O) groups excluding carboxylic acids is 1. The van der Waals surface area contributed by atoms with Gasteiger partial charge in [0.2, 0.25) is 0 Å². The molecule has 6 nitrogen and oxygen atoms in total. The summed E-state index contributed by atoms with van der Waals surface area (Å²) in [5.74, 6) is -0.530. The molecule has 0 aliphatic carbocycles. The molecule has 0 unspecified atom stereocenters. The van der Waals surface area contributed by atoms with Gasteiger partial charge in [-0.15, -0.1) is 0 Å². The third-order valence-electron chi connectivity index (χ3n) is 5.15. The maximum absolute atomic E-state index is 13.7. The molecule has 3 aromatic rings. The smallest absolute Gasteiger partial charge is 0.378 e. The number of anilines is 1. The Morgan fingerprint density at radius 2 is 1.97 bits per heavy atom. The van der Waals surface area contributed by atoms with Gasteiger partial charge in [0.1, 0.15) is 0 Å². The number of carbonyl (C=O) groups is 1. The molecule has 30 heavy (non-hydrogen) atoms. The number of hydrogen-bond acceptors (Lipinski definition) is 4. The van der Waals surface area contributed by atoms with Crippen molar-refractivity contribution in [3.8, 4) is 0 Å². The monoisotopic (exact) mass is 418 g/mol. The standard InChI is InChI=1S/C21H21F3N4O2/c1-13-2-5-18-16(10-13)19(27-26-18)20(29)25-12-14-3-4-15(11-17(14)21(22,23)24)28-6-8-30-9-7-28/h2-5,10-11H,6-9,12H2,1H3,(H,25,29)(H,26,27). The lowest BCUT2D eigenvalue weighted by molar-refractivity contribution is -0.138. The first-order valence-electron chi connectivity index (χ1n) is 9.58. The Labute approximate surface area is 171 Å². The minimum absolute atomic E-state index is 0.00359. The van der Waals surface area contributed by atoms with Crippen LogP contribution in [0.3, 0.4) is 0 Å². The van der Waals surface area contributed by atoms with Crippen LogP contribution in [-0.2, 0) is 17.5 Å². The van der Waals surface area contributed by atoms with Crippen molar-refractivity contribution >= 4 is 22.5 Å². The number of nitrogens with one attached hydrogen (secondary N) is 2. The molecule has 1 aliphatic heterocycles. The van der Waals surface area contributed by atoms with E-state index in [2.05, 4.69) is 15.5 Å². The number of ether oxygens (including phenoxy) is 1. The van der Waals surface area contributed by atoms with Gasteiger partial charge in [0.05, 0.1) is 24.3 Å². The summed E-state index contributed by atoms with van der Waals surface area (Å²) in [7, 11) is 0. The van der Waals surface area contributed by atoms with Crippen LogP contribution < -0.4 is 10.2 Å². The van der Waals surface area contributed by atoms with Crippen LogP contribution in [-0.4, -0.2) is 42.4 Å². The van der Waals surface area contributed by atoms with Crippen molar-refractivity contribution in [2.45, 2.75) is 19.6 Å². The number of H-pyrrole nitrogens is 1. The molecule has 2 N–H and O–H groups in total. The van der Waals surface area contributed by atoms with Crippen molar-refractivity contribution in [1.29, 1.82) is 0 Å². The molecule has 1 aliphatic rings. The van der Waals surface area contributed by atoms with Crippen molar-refractivity contribution in [1.82, 2.24) is 15.5 Å². The summed E-state index contributed by atoms with van der Waals surface area (Å²) in [4.78, 5) is 14.4. The molecule has 0 bridgehead atoms. The van der Waals surface area contributed by atoms with Gasteiger partial charge in [-0.3, -0.25) is 9.89 Å². The number of rotatable bonds is 4. The second kappa shape index (κ2) is 7.98. The molecule has 1 amide bonds. The fourth-order valence-electron chi connectivity index (χ4n) is 3.56. The van der Waals surface area contributed by atoms with Gasteiger partial charge in [-0.25, -0.2) is 0 Å². The highest BCUT2D eigenvalue weighted by Crippen LogP contribution is 2.35. The van der Waals surface area contributed by atoms with Gasteiger partial charge in [-0.2, -0.15) is 18.3 Å². The lowest BCUT2D eigenvalue weighted by Gasteiger charge is -2.29. The third kappa shape index (κ3) is 4.11. The summed E-state index contributed by atoms with van der Waals surface area (Å²) in [5, 5.41) is 9.98. The summed E-state index contributed by atoms with van der Waals surface area (Å²) < 4.78 is 46.3. The highest BCUT2D eigenvalue weighted by molar-refractivity contribution is 6.04. The van der Waals surface area contributed by atoms with Crippen LogP contribution in [0.25, 0.3) is 10.9 Å². The summed E-state index contributed by atoms with van der Waals surface area (Å²) in [6.07, 6.45) is -4.53. The quantitative estimate of drug-likeness (QED) is 0.679. The van der Waals surface area contributed by atoms with Crippen molar-refractivity contribution in [3.63, 3.8) is 0 Å². The minimum Gasteiger partial charge on any atom is -0.378 e. The molecule has 9 heteroatoms. The first kappa shape index (κ1) is 20.2. The Morgan fingerprint density at radius 3 is 2.70 bits per heavy atom. The Morgan fingerprint density at radius 1 is 1.20 bits per heavy atom. The Hall–Kier alpha value is -3.07. The molecule has 0 spiro atoms. The second-order valence-electron chi connectivity index (χ2n) is 7.24. The van der Waals surface area contributed by atoms with Crippen molar-refractivity contribution in [3.05, 3.63) is 58.8 Å². The van der Waals surface area contributed by atoms with Crippen LogP contribution >= 0.6 is 0 Å². The zero-order chi connectivity index (χ0) is 21.3. The Kier molecular flexibility index (Phi) is 5.38. The molecular weight excluding hydrogens is 397 g/mol. The molecule has 158 valence electrons. The predicted octanol–water partition coefficient (Wildman–Crippen LogP) is 3.66. The average Bonchev–Trinajstić information content (AvgIpc) is 3.15. The minimum atomic E-state index is -4.53. The molecule has 0 radical (unpaired) electrons. The van der Waals surface area contributed by atoms with Crippen LogP contribution in [0.2, 0.25) is 0 Å². The fourth-order valence-corrected chi connectivity index (χ4v) is 3.56. The van der Waals surface area contributed by atoms with E-state index < -0.39 is 17.6 Å². The topological polar surface area (TPSA) is 70.2 Å². The molecule has 2 aromatic carbocycles. The van der Waals surface area contributed by atoms with Crippen LogP contribution in [0.1, 0.15) is 27.2 Å². The van der Waals surface area contributed by atoms with Crippen molar-refractivity contribution in [2.24, 2.45) is 0 Å². The van der Waals surface area contributed by atoms with Gasteiger partial charge >= 0.3 is 6.18 Å². The van der Waals surface area contributed by atoms with E-state index in [0.29, 0.717) is 42.9 Å². The molecule has 0 atom stereocenters. The van der Waals surface area contributed by atoms with E-state index in [-0.39, 0.29) is 17.8 Å². The number of benzene rings is 2. The van der Waals surface area contributed by atoms with Crippen LogP contribution in [0, 0.1) is 6.92 Å². The fraction of sp³-hybridized carbons (Fsp3) is 0.333. The van der Waals surface area contributed by atoms with E-state index in [9.17, 15) is 18.0 Å². The SMILES string of the molecule is Cc1ccc2[nH]nc(C(=O)NCc3ccc(N4CCOCC4)cc3C(F)(F)F)c2c1. The van der Waals surface area contributed by atoms with Crippen molar-refractivity contribution in [2.75, 3.05) is 31.2 Å². The number of morpholine rings is 1. The highest BCUT2D eigenvalue weighted by Gasteiger charge is 2.34. The maximum atomic E-state index is 13.7. The molecule has 1 aromatic heterocycles. The molecule has 0 saturated carbocycles. The predicted molar refractivity (Wildman–Crippen MR) is 106 cm³/mol. The van der Waals surface area contributed by atoms with Crippen LogP contribution in [0.15, 0.2) is 36.4 Å². The van der Waals surface area contributed by atoms with E-state index >= 15 is 0 Å². The van der Waals surface area contributed by atoms with Gasteiger partial charge in [-0.05, 0) is 36.8 Å². The lowest BCUT2D eigenvalue weighted by atomic mass is 10.0. The van der Waals surface area contributed by atoms with E-state index in [1.54, 1.807) is 12.1 Å². The number of aromatic amines is 1. The number of amides is 1. The molecule has 1 fully saturated rings. The number of alkyl halides is 3. The van der Waals surface area contributed by atoms with Gasteiger partial charge in [0.25, 0.3) is 5.91 Å². The van der Waals surface area contributed by atoms with Gasteiger partial charge in [0.15, 0.2) is 5.69 Å². The highest BCUT2D eigenvalue weighted by atomic mass is 19.4. The number of fused-ring (bicyclic) bond motifs is 1. The first-order valence-corrected chi connectivity index (χ1v) is 9.58. The van der Waals surface area contributed by atoms with Gasteiger partial charge in [-0.1, -0.05) is 17.7 Å². The number of nitrogens with zero attached hydrogens (tertiary/aromatic N) is 2. The molecule has 1 saturated heterocycles. The van der Waals surface area contributed by atoms with Gasteiger partial charge < -0.3 is 15.0 Å². The average molecular weight is 418 g/mol. The van der Waals surface area contributed by atoms with E-state index in [1.165, 1.54) is 6.07 Å². The third-order valence-corrected chi connectivity index (χ3v) is 5.15. The summed E-state index contributed by atoms with van der Waals surface area (Å²) in [6, 6.07) is 9.70. The number of hydrogen-bond donors (Lipinski definition) is 2. The zero-order valence-electron chi connectivity index (χ0n) is 16.3. The van der Waals surface area contributed by atoms with Crippen molar-refractivity contribution < 1.29 is 22.7 Å². The van der Waals surface area contributed by atoms with Gasteiger partial charge in [0, 0.05) is 30.7 Å².